The van der Waals surface area contributed by atoms with Crippen molar-refractivity contribution < 1.29 is 27.2 Å². The molecular formula is C26H20F4N6O2S. The smallest absolute Gasteiger partial charge is 0.282 e. The fourth-order valence-corrected chi connectivity index (χ4v) is 6.69. The Labute approximate surface area is 223 Å². The second-order valence-electron chi connectivity index (χ2n) is 9.54. The molecule has 3 aliphatic rings. The van der Waals surface area contributed by atoms with Gasteiger partial charge in [0.1, 0.15) is 22.7 Å². The number of benzene rings is 2. The number of rotatable bonds is 2. The molecule has 1 fully saturated rings. The highest BCUT2D eigenvalue weighted by Gasteiger charge is 2.43. The summed E-state index contributed by atoms with van der Waals surface area (Å²) in [7, 11) is 0. The zero-order valence-corrected chi connectivity index (χ0v) is 21.0. The molecule has 1 saturated heterocycles. The van der Waals surface area contributed by atoms with Crippen LogP contribution in [0.3, 0.4) is 0 Å². The number of halogens is 4. The number of carbonyl (C=O) groups excluding carboxylic acids is 2. The number of hydrogen-bond donors (Lipinski definition) is 2. The van der Waals surface area contributed by atoms with Gasteiger partial charge in [-0.1, -0.05) is 12.6 Å². The summed E-state index contributed by atoms with van der Waals surface area (Å²) in [6, 6.07) is 4.81. The lowest BCUT2D eigenvalue weighted by Gasteiger charge is -2.43. The molecule has 1 aromatic heterocycles. The Bertz CT molecular complexity index is 1650. The monoisotopic (exact) mass is 556 g/mol. The van der Waals surface area contributed by atoms with Crippen LogP contribution in [0.25, 0.3) is 21.2 Å². The molecule has 0 saturated carbocycles. The Balaban J connectivity index is 1.51. The van der Waals surface area contributed by atoms with E-state index in [1.807, 2.05) is 6.07 Å². The highest BCUT2D eigenvalue weighted by atomic mass is 32.1. The number of thiophene rings is 1. The standard InChI is InChI=1S/C26H20F4N6O2S/c1-11(27)25(37)34-6-7-35-12(10-34)4-5-36-21-14(26(35)38)8-17(29)19(20(21)23(30)33-36)13-2-3-16(28)22-18(13)15(9-31)24(32)39-22/h2-3,8,12,23,33H,1,4-7,10,32H2/t12-,23?/m1/s1. The van der Waals surface area contributed by atoms with E-state index in [0.29, 0.717) is 6.42 Å². The molecule has 2 atom stereocenters. The molecule has 6 rings (SSSR count). The Morgan fingerprint density at radius 2 is 1.97 bits per heavy atom. The fraction of sp³-hybridized carbons (Fsp3) is 0.269. The van der Waals surface area contributed by atoms with Gasteiger partial charge in [0.2, 0.25) is 0 Å². The number of nitriles is 1. The van der Waals surface area contributed by atoms with Gasteiger partial charge in [-0.3, -0.25) is 9.59 Å². The Kier molecular flexibility index (Phi) is 5.78. The molecule has 2 aromatic carbocycles. The molecule has 8 nitrogen and oxygen atoms in total. The summed E-state index contributed by atoms with van der Waals surface area (Å²) in [4.78, 5) is 28.6. The number of carbonyl (C=O) groups is 2. The number of fused-ring (bicyclic) bond motifs is 2. The van der Waals surface area contributed by atoms with Crippen LogP contribution in [0.1, 0.15) is 34.2 Å². The van der Waals surface area contributed by atoms with Crippen LogP contribution in [0.15, 0.2) is 30.6 Å². The number of nitrogens with two attached hydrogens (primary N) is 1. The quantitative estimate of drug-likeness (QED) is 0.279. The summed E-state index contributed by atoms with van der Waals surface area (Å²) in [6.45, 7) is 3.42. The number of amides is 2. The molecule has 1 unspecified atom stereocenters. The molecule has 4 heterocycles. The van der Waals surface area contributed by atoms with Gasteiger partial charge in [0.15, 0.2) is 12.1 Å². The number of nitrogens with one attached hydrogen (secondary N) is 1. The van der Waals surface area contributed by atoms with Gasteiger partial charge in [-0.15, -0.1) is 11.3 Å². The average Bonchev–Trinajstić information content (AvgIpc) is 3.42. The van der Waals surface area contributed by atoms with E-state index in [4.69, 9.17) is 5.73 Å². The van der Waals surface area contributed by atoms with Crippen molar-refractivity contribution in [3.05, 3.63) is 58.9 Å². The van der Waals surface area contributed by atoms with Gasteiger partial charge in [0, 0.05) is 42.7 Å². The molecule has 0 spiro atoms. The molecule has 3 N–H and O–H groups in total. The third kappa shape index (κ3) is 3.66. The molecule has 39 heavy (non-hydrogen) atoms. The van der Waals surface area contributed by atoms with Gasteiger partial charge in [0.05, 0.1) is 27.6 Å². The van der Waals surface area contributed by atoms with Crippen molar-refractivity contribution in [3.63, 3.8) is 0 Å². The van der Waals surface area contributed by atoms with E-state index in [9.17, 15) is 23.6 Å². The largest absolute Gasteiger partial charge is 0.389 e. The first-order valence-corrected chi connectivity index (χ1v) is 12.8. The van der Waals surface area contributed by atoms with Crippen molar-refractivity contribution in [2.24, 2.45) is 0 Å². The predicted molar refractivity (Wildman–Crippen MR) is 137 cm³/mol. The van der Waals surface area contributed by atoms with Crippen LogP contribution in [0.5, 0.6) is 0 Å². The number of nitrogens with zero attached hydrogens (tertiary/aromatic N) is 4. The third-order valence-electron chi connectivity index (χ3n) is 7.46. The van der Waals surface area contributed by atoms with Crippen molar-refractivity contribution in [1.82, 2.24) is 15.2 Å². The number of hydrazine groups is 1. The average molecular weight is 557 g/mol. The molecule has 0 radical (unpaired) electrons. The Morgan fingerprint density at radius 3 is 2.69 bits per heavy atom. The summed E-state index contributed by atoms with van der Waals surface area (Å²) < 4.78 is 59.8. The van der Waals surface area contributed by atoms with Crippen molar-refractivity contribution in [1.29, 1.82) is 5.26 Å². The van der Waals surface area contributed by atoms with E-state index in [-0.39, 0.29) is 74.8 Å². The van der Waals surface area contributed by atoms with Crippen molar-refractivity contribution >= 4 is 43.9 Å². The molecule has 3 aromatic rings. The van der Waals surface area contributed by atoms with Crippen LogP contribution >= 0.6 is 11.3 Å². The van der Waals surface area contributed by atoms with Gasteiger partial charge in [-0.05, 0) is 24.1 Å². The van der Waals surface area contributed by atoms with Crippen LogP contribution in [0, 0.1) is 23.0 Å². The summed E-state index contributed by atoms with van der Waals surface area (Å²) >= 11 is 0.841. The number of piperazine rings is 1. The summed E-state index contributed by atoms with van der Waals surface area (Å²) in [5, 5.41) is 11.2. The van der Waals surface area contributed by atoms with Crippen LogP contribution in [-0.4, -0.2) is 53.8 Å². The zero-order valence-electron chi connectivity index (χ0n) is 20.2. The maximum atomic E-state index is 16.0. The van der Waals surface area contributed by atoms with E-state index in [1.165, 1.54) is 20.9 Å². The molecule has 0 bridgehead atoms. The highest BCUT2D eigenvalue weighted by molar-refractivity contribution is 7.23. The fourth-order valence-electron chi connectivity index (χ4n) is 5.74. The lowest BCUT2D eigenvalue weighted by Crippen LogP contribution is -2.58. The van der Waals surface area contributed by atoms with Crippen LogP contribution < -0.4 is 16.2 Å². The number of hydrogen-bond acceptors (Lipinski definition) is 7. The molecular weight excluding hydrogens is 536 g/mol. The van der Waals surface area contributed by atoms with E-state index in [1.54, 1.807) is 0 Å². The van der Waals surface area contributed by atoms with Gasteiger partial charge in [-0.25, -0.2) is 17.6 Å². The number of anilines is 2. The molecule has 2 amide bonds. The van der Waals surface area contributed by atoms with Gasteiger partial charge in [0.25, 0.3) is 11.8 Å². The van der Waals surface area contributed by atoms with Gasteiger partial charge in [-0.2, -0.15) is 10.7 Å². The number of nitrogen functional groups attached to an aromatic ring is 1. The molecule has 13 heteroatoms. The van der Waals surface area contributed by atoms with E-state index in [2.05, 4.69) is 12.0 Å². The molecule has 200 valence electrons. The van der Waals surface area contributed by atoms with Gasteiger partial charge >= 0.3 is 0 Å². The van der Waals surface area contributed by atoms with Crippen LogP contribution in [0.2, 0.25) is 0 Å². The van der Waals surface area contributed by atoms with Crippen molar-refractivity contribution in [3.8, 4) is 17.2 Å². The summed E-state index contributed by atoms with van der Waals surface area (Å²) in [6.07, 6.45) is -1.61. The van der Waals surface area contributed by atoms with E-state index < -0.39 is 41.6 Å². The number of alkyl halides is 1. The topological polar surface area (TPSA) is 106 Å². The minimum atomic E-state index is -1.91. The SMILES string of the molecule is C=C(F)C(=O)N1CCN2C(=O)c3cc(F)c(-c4ccc(F)c5sc(N)c(C#N)c45)c4c3N(CC[C@@H]2C1)NC4F. The summed E-state index contributed by atoms with van der Waals surface area (Å²) in [5.74, 6) is -4.10. The van der Waals surface area contributed by atoms with Gasteiger partial charge < -0.3 is 20.5 Å². The van der Waals surface area contributed by atoms with Crippen molar-refractivity contribution in [2.75, 3.05) is 36.9 Å². The zero-order chi connectivity index (χ0) is 27.7. The minimum Gasteiger partial charge on any atom is -0.389 e. The van der Waals surface area contributed by atoms with E-state index in [0.717, 1.165) is 23.5 Å². The lowest BCUT2D eigenvalue weighted by atomic mass is 9.90. The predicted octanol–water partition coefficient (Wildman–Crippen LogP) is 4.13. The molecule has 0 aliphatic carbocycles. The second-order valence-corrected chi connectivity index (χ2v) is 10.6. The lowest BCUT2D eigenvalue weighted by molar-refractivity contribution is -0.131. The first kappa shape index (κ1) is 25.1. The molecule has 3 aliphatic heterocycles. The maximum absolute atomic E-state index is 16.0. The first-order chi connectivity index (χ1) is 18.6. The van der Waals surface area contributed by atoms with Crippen molar-refractivity contribution in [2.45, 2.75) is 18.8 Å². The summed E-state index contributed by atoms with van der Waals surface area (Å²) in [5.41, 5.74) is 8.36. The highest BCUT2D eigenvalue weighted by Crippen LogP contribution is 2.49. The second kappa shape index (κ2) is 8.96. The Hall–Kier alpha value is -4.15. The normalized spacial score (nSPS) is 20.4. The van der Waals surface area contributed by atoms with Crippen LogP contribution in [0.4, 0.5) is 28.3 Å². The third-order valence-corrected chi connectivity index (χ3v) is 8.49. The first-order valence-electron chi connectivity index (χ1n) is 12.0. The maximum Gasteiger partial charge on any atom is 0.282 e. The Morgan fingerprint density at radius 1 is 1.21 bits per heavy atom. The van der Waals surface area contributed by atoms with E-state index >= 15 is 8.78 Å². The van der Waals surface area contributed by atoms with Crippen LogP contribution in [-0.2, 0) is 4.79 Å². The minimum absolute atomic E-state index is 0.0386.